The number of aromatic nitrogens is 2. The van der Waals surface area contributed by atoms with Crippen molar-refractivity contribution in [1.82, 2.24) is 30.4 Å². The van der Waals surface area contributed by atoms with E-state index in [0.29, 0.717) is 79.0 Å². The van der Waals surface area contributed by atoms with Crippen molar-refractivity contribution in [3.63, 3.8) is 0 Å². The van der Waals surface area contributed by atoms with Crippen LogP contribution in [0.25, 0.3) is 22.4 Å². The molecule has 7 rings (SSSR count). The Morgan fingerprint density at radius 1 is 0.672 bits per heavy atom. The second kappa shape index (κ2) is 20.5. The lowest BCUT2D eigenvalue weighted by atomic mass is 10.0. The van der Waals surface area contributed by atoms with E-state index in [1.54, 1.807) is 93.6 Å². The lowest BCUT2D eigenvalue weighted by Gasteiger charge is -2.30. The molecule has 0 radical (unpaired) electrons. The number of aromatic amines is 1. The summed E-state index contributed by atoms with van der Waals surface area (Å²) in [6.07, 6.45) is 2.19. The van der Waals surface area contributed by atoms with Gasteiger partial charge in [0.25, 0.3) is 11.8 Å². The number of H-pyrrole nitrogens is 1. The van der Waals surface area contributed by atoms with Crippen molar-refractivity contribution in [3.8, 4) is 11.4 Å². The zero-order valence-electron chi connectivity index (χ0n) is 38.9. The second-order valence-corrected chi connectivity index (χ2v) is 18.6. The first-order valence-electron chi connectivity index (χ1n) is 22.9. The molecule has 2 fully saturated rings. The van der Waals surface area contributed by atoms with Crippen LogP contribution in [0, 0.1) is 0 Å². The molecule has 2 aliphatic heterocycles. The van der Waals surface area contributed by atoms with Crippen LogP contribution in [-0.2, 0) is 28.7 Å². The highest BCUT2D eigenvalue weighted by Gasteiger charge is 2.40. The zero-order chi connectivity index (χ0) is 47.9. The summed E-state index contributed by atoms with van der Waals surface area (Å²) in [5, 5.41) is 11.4. The number of anilines is 2. The van der Waals surface area contributed by atoms with Gasteiger partial charge in [0.15, 0.2) is 0 Å². The van der Waals surface area contributed by atoms with Gasteiger partial charge in [-0.05, 0) is 120 Å². The van der Waals surface area contributed by atoms with E-state index >= 15 is 0 Å². The predicted molar refractivity (Wildman–Crippen MR) is 255 cm³/mol. The average Bonchev–Trinajstić information content (AvgIpc) is 4.08. The van der Waals surface area contributed by atoms with E-state index in [0.717, 1.165) is 17.5 Å². The number of carbonyl (C=O) groups excluding carboxylic acids is 6. The molecule has 5 aromatic rings. The van der Waals surface area contributed by atoms with Crippen LogP contribution in [0.4, 0.5) is 21.0 Å². The lowest BCUT2D eigenvalue weighted by Crippen LogP contribution is -2.49. The fourth-order valence-corrected chi connectivity index (χ4v) is 8.66. The number of hydrogen-bond donors (Lipinski definition) is 5. The molecule has 0 saturated carbocycles. The molecule has 0 unspecified atom stereocenters. The van der Waals surface area contributed by atoms with Crippen molar-refractivity contribution in [2.45, 2.75) is 115 Å². The van der Waals surface area contributed by atoms with Crippen molar-refractivity contribution >= 4 is 58.2 Å². The third kappa shape index (κ3) is 12.0. The van der Waals surface area contributed by atoms with Gasteiger partial charge < -0.3 is 45.5 Å². The number of rotatable bonds is 14. The number of alkyl carbamates (subject to hydrolysis) is 2. The highest BCUT2D eigenvalue weighted by atomic mass is 16.6. The van der Waals surface area contributed by atoms with E-state index in [-0.39, 0.29) is 11.8 Å². The number of benzene rings is 4. The lowest BCUT2D eigenvalue weighted by molar-refractivity contribution is -0.138. The van der Waals surface area contributed by atoms with Crippen LogP contribution < -0.4 is 21.3 Å². The molecule has 16 nitrogen and oxygen atoms in total. The highest BCUT2D eigenvalue weighted by Crippen LogP contribution is 2.30. The summed E-state index contributed by atoms with van der Waals surface area (Å²) in [6.45, 7) is 11.6. The molecule has 6 amide bonds. The van der Waals surface area contributed by atoms with E-state index in [1.165, 1.54) is 9.80 Å². The molecule has 1 aromatic heterocycles. The zero-order valence-corrected chi connectivity index (χ0v) is 38.9. The quantitative estimate of drug-likeness (QED) is 0.0725. The number of ether oxygens (including phenoxy) is 2. The molecule has 0 aliphatic carbocycles. The Balaban J connectivity index is 0.986. The van der Waals surface area contributed by atoms with Gasteiger partial charge in [0.05, 0.1) is 11.0 Å². The summed E-state index contributed by atoms with van der Waals surface area (Å²) in [7, 11) is 0. The summed E-state index contributed by atoms with van der Waals surface area (Å²) in [5.74, 6) is -0.928. The molecular weight excluding hydrogens is 853 g/mol. The van der Waals surface area contributed by atoms with Gasteiger partial charge in [-0.1, -0.05) is 74.0 Å². The molecule has 5 N–H and O–H groups in total. The standard InChI is InChI=1S/C51H60N8O8/c1-7-28-51(5,6)67-49(65)57-42(33-18-12-9-13-19-33)47(63)59-30-15-21-40(59)45(61)53-36-26-27-37-38(31-36)55-43(54-37)34-22-24-35(25-23-34)52-44(60)39-20-14-29-58(39)46(62)41(32-16-10-8-11-17-32)56-48(64)66-50(2,3)4/h8-13,16-19,22-27,31,39-42H,7,14-15,20-21,28-30H2,1-6H3,(H,52,60)(H,53,61)(H,54,55)(H,56,64)(H,57,65)/t39-,40-,41+,42+/m0/s1. The topological polar surface area (TPSA) is 204 Å². The number of nitrogens with one attached hydrogen (secondary N) is 5. The van der Waals surface area contributed by atoms with E-state index < -0.39 is 59.4 Å². The van der Waals surface area contributed by atoms with Crippen LogP contribution in [0.2, 0.25) is 0 Å². The maximum absolute atomic E-state index is 14.2. The Morgan fingerprint density at radius 3 is 1.67 bits per heavy atom. The first-order chi connectivity index (χ1) is 32.0. The monoisotopic (exact) mass is 912 g/mol. The van der Waals surface area contributed by atoms with Gasteiger partial charge >= 0.3 is 12.2 Å². The minimum atomic E-state index is -1.05. The second-order valence-electron chi connectivity index (χ2n) is 18.6. The van der Waals surface area contributed by atoms with Crippen molar-refractivity contribution in [2.24, 2.45) is 0 Å². The summed E-state index contributed by atoms with van der Waals surface area (Å²) in [6, 6.07) is 26.7. The minimum Gasteiger partial charge on any atom is -0.444 e. The van der Waals surface area contributed by atoms with Crippen LogP contribution >= 0.6 is 0 Å². The maximum Gasteiger partial charge on any atom is 0.408 e. The van der Waals surface area contributed by atoms with Crippen molar-refractivity contribution in [1.29, 1.82) is 0 Å². The summed E-state index contributed by atoms with van der Waals surface area (Å²) in [5.41, 5.74) is 2.78. The largest absolute Gasteiger partial charge is 0.444 e. The fourth-order valence-electron chi connectivity index (χ4n) is 8.66. The van der Waals surface area contributed by atoms with Gasteiger partial charge in [0.2, 0.25) is 11.8 Å². The molecule has 352 valence electrons. The summed E-state index contributed by atoms with van der Waals surface area (Å²) >= 11 is 0. The Bertz CT molecular complexity index is 2570. The molecule has 2 saturated heterocycles. The molecule has 67 heavy (non-hydrogen) atoms. The smallest absolute Gasteiger partial charge is 0.408 e. The van der Waals surface area contributed by atoms with Crippen LogP contribution in [0.3, 0.4) is 0 Å². The van der Waals surface area contributed by atoms with Gasteiger partial charge in [-0.2, -0.15) is 0 Å². The van der Waals surface area contributed by atoms with E-state index in [9.17, 15) is 28.8 Å². The number of hydrogen-bond acceptors (Lipinski definition) is 9. The van der Waals surface area contributed by atoms with Crippen molar-refractivity contribution in [3.05, 3.63) is 114 Å². The first-order valence-corrected chi connectivity index (χ1v) is 22.9. The predicted octanol–water partition coefficient (Wildman–Crippen LogP) is 8.40. The fraction of sp³-hybridized carbons (Fsp3) is 0.392. The van der Waals surface area contributed by atoms with Gasteiger partial charge in [-0.3, -0.25) is 19.2 Å². The van der Waals surface area contributed by atoms with Gasteiger partial charge in [0, 0.05) is 30.0 Å². The van der Waals surface area contributed by atoms with Crippen LogP contribution in [0.1, 0.15) is 103 Å². The van der Waals surface area contributed by atoms with Gasteiger partial charge in [-0.25, -0.2) is 14.6 Å². The van der Waals surface area contributed by atoms with Crippen molar-refractivity contribution < 1.29 is 38.2 Å². The van der Waals surface area contributed by atoms with E-state index in [2.05, 4.69) is 26.3 Å². The van der Waals surface area contributed by atoms with Crippen LogP contribution in [-0.4, -0.2) is 92.0 Å². The Hall–Kier alpha value is -7.23. The number of imidazole rings is 1. The molecule has 16 heteroatoms. The Labute approximate surface area is 390 Å². The number of likely N-dealkylation sites (tertiary alicyclic amines) is 2. The molecule has 2 aliphatic rings. The maximum atomic E-state index is 14.2. The van der Waals surface area contributed by atoms with Crippen LogP contribution in [0.5, 0.6) is 0 Å². The SMILES string of the molecule is CCCC(C)(C)OC(=O)N[C@@H](C(=O)N1CCC[C@H]1C(=O)Nc1ccc2[nH]c(-c3ccc(NC(=O)[C@@H]4CCCN4C(=O)[C@H](NC(=O)OC(C)(C)C)c4ccccc4)cc3)nc2c1)c1ccccc1. The molecule has 0 spiro atoms. The number of carbonyl (C=O) groups is 6. The van der Waals surface area contributed by atoms with Gasteiger partial charge in [0.1, 0.15) is 41.2 Å². The van der Waals surface area contributed by atoms with Crippen molar-refractivity contribution in [2.75, 3.05) is 23.7 Å². The minimum absolute atomic E-state index is 0.342. The average molecular weight is 913 g/mol. The van der Waals surface area contributed by atoms with E-state index in [4.69, 9.17) is 14.5 Å². The number of nitrogens with zero attached hydrogens (tertiary/aromatic N) is 3. The number of amides is 6. The molecule has 4 atom stereocenters. The summed E-state index contributed by atoms with van der Waals surface area (Å²) in [4.78, 5) is 92.8. The van der Waals surface area contributed by atoms with Gasteiger partial charge in [-0.15, -0.1) is 0 Å². The first kappa shape index (κ1) is 47.7. The normalized spacial score (nSPS) is 17.0. The molecule has 0 bridgehead atoms. The Morgan fingerprint density at radius 2 is 1.16 bits per heavy atom. The van der Waals surface area contributed by atoms with Crippen LogP contribution in [0.15, 0.2) is 103 Å². The Kier molecular flexibility index (Phi) is 14.6. The molecule has 3 heterocycles. The molecular formula is C51H60N8O8. The molecule has 4 aromatic carbocycles. The third-order valence-corrected chi connectivity index (χ3v) is 11.8. The summed E-state index contributed by atoms with van der Waals surface area (Å²) < 4.78 is 11.1. The van der Waals surface area contributed by atoms with E-state index in [1.807, 2.05) is 51.1 Å². The third-order valence-electron chi connectivity index (χ3n) is 11.8. The number of fused-ring (bicyclic) bond motifs is 1. The highest BCUT2D eigenvalue weighted by molar-refractivity contribution is 6.01.